The lowest BCUT2D eigenvalue weighted by Crippen LogP contribution is -2.32. The van der Waals surface area contributed by atoms with Crippen molar-refractivity contribution in [2.75, 3.05) is 18.5 Å². The molecule has 0 saturated carbocycles. The van der Waals surface area contributed by atoms with Gasteiger partial charge in [-0.2, -0.15) is 0 Å². The Morgan fingerprint density at radius 3 is 2.44 bits per heavy atom. The third-order valence-electron chi connectivity index (χ3n) is 3.54. The number of hydrogen-bond donors (Lipinski definition) is 2. The van der Waals surface area contributed by atoms with E-state index in [4.69, 9.17) is 4.74 Å². The molecular formula is C19H16F2N4O2. The van der Waals surface area contributed by atoms with Crippen LogP contribution in [0.25, 0.3) is 11.3 Å². The Labute approximate surface area is 154 Å². The summed E-state index contributed by atoms with van der Waals surface area (Å²) in [5.41, 5.74) is 1.42. The number of anilines is 1. The van der Waals surface area contributed by atoms with Crippen molar-refractivity contribution in [3.05, 3.63) is 72.3 Å². The lowest BCUT2D eigenvalue weighted by Gasteiger charge is -2.09. The van der Waals surface area contributed by atoms with Crippen LogP contribution in [0.2, 0.25) is 0 Å². The van der Waals surface area contributed by atoms with Crippen molar-refractivity contribution in [2.24, 2.45) is 0 Å². The van der Waals surface area contributed by atoms with Crippen LogP contribution in [0.3, 0.4) is 0 Å². The molecule has 27 heavy (non-hydrogen) atoms. The molecule has 6 nitrogen and oxygen atoms in total. The van der Waals surface area contributed by atoms with Gasteiger partial charge < -0.3 is 15.4 Å². The SMILES string of the molecule is O=C(NCCOc1ccc(-c2ccc(F)cc2)nn1)Nc1ccccc1F. The Bertz CT molecular complexity index is 902. The number of rotatable bonds is 6. The van der Waals surface area contributed by atoms with Crippen LogP contribution in [0.4, 0.5) is 19.3 Å². The predicted molar refractivity (Wildman–Crippen MR) is 96.3 cm³/mol. The van der Waals surface area contributed by atoms with Crippen LogP contribution < -0.4 is 15.4 Å². The van der Waals surface area contributed by atoms with Crippen molar-refractivity contribution in [3.8, 4) is 17.1 Å². The van der Waals surface area contributed by atoms with Crippen LogP contribution in [0.15, 0.2) is 60.7 Å². The first-order valence-electron chi connectivity index (χ1n) is 8.14. The Kier molecular flexibility index (Phi) is 5.88. The Hall–Kier alpha value is -3.55. The number of nitrogens with zero attached hydrogens (tertiary/aromatic N) is 2. The second kappa shape index (κ2) is 8.70. The summed E-state index contributed by atoms with van der Waals surface area (Å²) in [4.78, 5) is 11.7. The molecule has 0 aliphatic rings. The van der Waals surface area contributed by atoms with E-state index in [-0.39, 0.29) is 30.5 Å². The highest BCUT2D eigenvalue weighted by atomic mass is 19.1. The number of hydrogen-bond acceptors (Lipinski definition) is 4. The van der Waals surface area contributed by atoms with Gasteiger partial charge in [0.2, 0.25) is 5.88 Å². The maximum atomic E-state index is 13.4. The summed E-state index contributed by atoms with van der Waals surface area (Å²) >= 11 is 0. The van der Waals surface area contributed by atoms with Crippen molar-refractivity contribution < 1.29 is 18.3 Å². The van der Waals surface area contributed by atoms with E-state index in [9.17, 15) is 13.6 Å². The van der Waals surface area contributed by atoms with Crippen LogP contribution in [-0.2, 0) is 0 Å². The average Bonchev–Trinajstić information content (AvgIpc) is 2.68. The molecule has 0 atom stereocenters. The summed E-state index contributed by atoms with van der Waals surface area (Å²) in [7, 11) is 0. The Morgan fingerprint density at radius 2 is 1.74 bits per heavy atom. The van der Waals surface area contributed by atoms with Crippen molar-refractivity contribution in [1.82, 2.24) is 15.5 Å². The van der Waals surface area contributed by atoms with Crippen LogP contribution in [0.5, 0.6) is 5.88 Å². The fraction of sp³-hybridized carbons (Fsp3) is 0.105. The number of amides is 2. The first kappa shape index (κ1) is 18.2. The molecule has 2 N–H and O–H groups in total. The number of halogens is 2. The predicted octanol–water partition coefficient (Wildman–Crippen LogP) is 3.62. The summed E-state index contributed by atoms with van der Waals surface area (Å²) in [6.45, 7) is 0.358. The van der Waals surface area contributed by atoms with Crippen LogP contribution in [0.1, 0.15) is 0 Å². The number of carbonyl (C=O) groups excluding carboxylic acids is 1. The van der Waals surface area contributed by atoms with Gasteiger partial charge in [-0.1, -0.05) is 12.1 Å². The van der Waals surface area contributed by atoms with E-state index in [0.29, 0.717) is 5.69 Å². The highest BCUT2D eigenvalue weighted by Gasteiger charge is 2.06. The molecule has 8 heteroatoms. The van der Waals surface area contributed by atoms with Gasteiger partial charge in [0, 0.05) is 11.6 Å². The fourth-order valence-corrected chi connectivity index (χ4v) is 2.22. The zero-order chi connectivity index (χ0) is 19.1. The second-order valence-corrected chi connectivity index (χ2v) is 5.47. The molecule has 0 fully saturated rings. The lowest BCUT2D eigenvalue weighted by atomic mass is 10.1. The summed E-state index contributed by atoms with van der Waals surface area (Å²) in [5, 5.41) is 12.9. The Balaban J connectivity index is 1.43. The topological polar surface area (TPSA) is 76.1 Å². The third kappa shape index (κ3) is 5.21. The van der Waals surface area contributed by atoms with Gasteiger partial charge in [-0.05, 0) is 42.5 Å². The van der Waals surface area contributed by atoms with Gasteiger partial charge >= 0.3 is 6.03 Å². The number of urea groups is 1. The number of ether oxygens (including phenoxy) is 1. The van der Waals surface area contributed by atoms with Crippen molar-refractivity contribution >= 4 is 11.7 Å². The van der Waals surface area contributed by atoms with Gasteiger partial charge in [0.1, 0.15) is 18.2 Å². The first-order chi connectivity index (χ1) is 13.1. The molecule has 0 spiro atoms. The van der Waals surface area contributed by atoms with Crippen LogP contribution >= 0.6 is 0 Å². The number of para-hydroxylation sites is 1. The largest absolute Gasteiger partial charge is 0.475 e. The standard InChI is InChI=1S/C19H16F2N4O2/c20-14-7-5-13(6-8-14)16-9-10-18(25-24-16)27-12-11-22-19(26)23-17-4-2-1-3-15(17)21/h1-10H,11-12H2,(H2,22,23,26). The molecule has 2 amide bonds. The van der Waals surface area contributed by atoms with E-state index in [1.807, 2.05) is 0 Å². The normalized spacial score (nSPS) is 10.3. The number of nitrogens with one attached hydrogen (secondary N) is 2. The van der Waals surface area contributed by atoms with Gasteiger partial charge in [0.25, 0.3) is 0 Å². The molecule has 0 saturated heterocycles. The summed E-state index contributed by atoms with van der Waals surface area (Å²) < 4.78 is 31.8. The van der Waals surface area contributed by atoms with Crippen LogP contribution in [0, 0.1) is 11.6 Å². The van der Waals surface area contributed by atoms with E-state index in [2.05, 4.69) is 20.8 Å². The molecule has 1 aromatic heterocycles. The van der Waals surface area contributed by atoms with Gasteiger partial charge in [-0.3, -0.25) is 0 Å². The molecule has 0 bridgehead atoms. The Morgan fingerprint density at radius 1 is 0.963 bits per heavy atom. The van der Waals surface area contributed by atoms with Crippen molar-refractivity contribution in [3.63, 3.8) is 0 Å². The molecule has 3 rings (SSSR count). The van der Waals surface area contributed by atoms with E-state index in [1.54, 1.807) is 30.3 Å². The van der Waals surface area contributed by atoms with Gasteiger partial charge in [0.05, 0.1) is 17.9 Å². The third-order valence-corrected chi connectivity index (χ3v) is 3.54. The van der Waals surface area contributed by atoms with Gasteiger partial charge in [-0.15, -0.1) is 10.2 Å². The molecule has 2 aromatic carbocycles. The summed E-state index contributed by atoms with van der Waals surface area (Å²) in [6, 6.07) is 14.6. The first-order valence-corrected chi connectivity index (χ1v) is 8.14. The van der Waals surface area contributed by atoms with E-state index in [1.165, 1.54) is 30.3 Å². The quantitative estimate of drug-likeness (QED) is 0.650. The molecule has 138 valence electrons. The minimum Gasteiger partial charge on any atom is -0.475 e. The van der Waals surface area contributed by atoms with E-state index < -0.39 is 11.8 Å². The van der Waals surface area contributed by atoms with E-state index in [0.717, 1.165) is 5.56 Å². The summed E-state index contributed by atoms with van der Waals surface area (Å²) in [6.07, 6.45) is 0. The molecule has 0 radical (unpaired) electrons. The molecule has 0 aliphatic carbocycles. The maximum absolute atomic E-state index is 13.4. The van der Waals surface area contributed by atoms with Gasteiger partial charge in [0.15, 0.2) is 0 Å². The summed E-state index contributed by atoms with van der Waals surface area (Å²) in [5.74, 6) is -0.546. The molecular weight excluding hydrogens is 354 g/mol. The van der Waals surface area contributed by atoms with Crippen molar-refractivity contribution in [2.45, 2.75) is 0 Å². The number of carbonyl (C=O) groups is 1. The fourth-order valence-electron chi connectivity index (χ4n) is 2.22. The highest BCUT2D eigenvalue weighted by Crippen LogP contribution is 2.18. The second-order valence-electron chi connectivity index (χ2n) is 5.47. The zero-order valence-electron chi connectivity index (χ0n) is 14.2. The smallest absolute Gasteiger partial charge is 0.319 e. The van der Waals surface area contributed by atoms with Crippen LogP contribution in [-0.4, -0.2) is 29.4 Å². The monoisotopic (exact) mass is 370 g/mol. The number of benzene rings is 2. The average molecular weight is 370 g/mol. The van der Waals surface area contributed by atoms with Crippen molar-refractivity contribution in [1.29, 1.82) is 0 Å². The highest BCUT2D eigenvalue weighted by molar-refractivity contribution is 5.89. The maximum Gasteiger partial charge on any atom is 0.319 e. The number of aromatic nitrogens is 2. The van der Waals surface area contributed by atoms with Gasteiger partial charge in [-0.25, -0.2) is 13.6 Å². The molecule has 0 unspecified atom stereocenters. The van der Waals surface area contributed by atoms with E-state index >= 15 is 0 Å². The zero-order valence-corrected chi connectivity index (χ0v) is 14.2. The molecule has 3 aromatic rings. The minimum absolute atomic E-state index is 0.0955. The molecule has 0 aliphatic heterocycles. The molecule has 1 heterocycles. The lowest BCUT2D eigenvalue weighted by molar-refractivity contribution is 0.246. The minimum atomic E-state index is -0.540.